The fourth-order valence-electron chi connectivity index (χ4n) is 4.55. The Bertz CT molecular complexity index is 1130. The summed E-state index contributed by atoms with van der Waals surface area (Å²) in [6, 6.07) is 10.7. The van der Waals surface area contributed by atoms with Gasteiger partial charge in [0, 0.05) is 18.3 Å². The third kappa shape index (κ3) is 4.16. The number of aryl methyl sites for hydroxylation is 3. The van der Waals surface area contributed by atoms with Gasteiger partial charge in [0.2, 0.25) is 0 Å². The lowest BCUT2D eigenvalue weighted by Crippen LogP contribution is -2.45. The van der Waals surface area contributed by atoms with Crippen LogP contribution in [0.1, 0.15) is 60.9 Å². The van der Waals surface area contributed by atoms with E-state index in [0.29, 0.717) is 16.0 Å². The minimum atomic E-state index is -0.0862. The predicted octanol–water partition coefficient (Wildman–Crippen LogP) is 6.23. The lowest BCUT2D eigenvalue weighted by Gasteiger charge is -2.45. The van der Waals surface area contributed by atoms with Gasteiger partial charge in [0.15, 0.2) is 5.17 Å². The molecular weight excluding hydrogens is 402 g/mol. The summed E-state index contributed by atoms with van der Waals surface area (Å²) in [6.45, 7) is 13.1. The maximum absolute atomic E-state index is 12.6. The number of thioether (sulfide) groups is 1. The Balaban J connectivity index is 1.66. The van der Waals surface area contributed by atoms with Crippen molar-refractivity contribution in [2.75, 3.05) is 11.9 Å². The van der Waals surface area contributed by atoms with Crippen molar-refractivity contribution in [2.24, 2.45) is 4.99 Å². The third-order valence-corrected chi connectivity index (χ3v) is 7.44. The summed E-state index contributed by atoms with van der Waals surface area (Å²) in [7, 11) is 2.18. The monoisotopic (exact) mass is 433 g/mol. The topological polar surface area (TPSA) is 44.7 Å². The molecule has 2 aromatic rings. The average molecular weight is 434 g/mol. The molecule has 0 spiro atoms. The summed E-state index contributed by atoms with van der Waals surface area (Å²) in [5.41, 5.74) is 8.26. The summed E-state index contributed by atoms with van der Waals surface area (Å²) in [5, 5.41) is 3.55. The van der Waals surface area contributed by atoms with Crippen LogP contribution in [-0.2, 0) is 4.79 Å². The molecule has 1 unspecified atom stereocenters. The van der Waals surface area contributed by atoms with Gasteiger partial charge in [-0.1, -0.05) is 24.6 Å². The normalized spacial score (nSPS) is 22.7. The zero-order valence-corrected chi connectivity index (χ0v) is 20.3. The fourth-order valence-corrected chi connectivity index (χ4v) is 5.38. The summed E-state index contributed by atoms with van der Waals surface area (Å²) in [4.78, 5) is 20.4. The second-order valence-corrected chi connectivity index (χ2v) is 10.5. The first kappa shape index (κ1) is 21.7. The molecule has 1 atom stereocenters. The second kappa shape index (κ2) is 7.86. The van der Waals surface area contributed by atoms with Crippen LogP contribution >= 0.6 is 11.8 Å². The maximum Gasteiger partial charge on any atom is 0.264 e. The molecule has 5 heteroatoms. The molecule has 2 aromatic carbocycles. The molecular formula is C26H31N3OS. The number of nitrogens with one attached hydrogen (secondary N) is 1. The molecule has 2 heterocycles. The van der Waals surface area contributed by atoms with Crippen molar-refractivity contribution in [1.82, 2.24) is 5.32 Å². The Kier molecular flexibility index (Phi) is 5.50. The number of amides is 1. The zero-order valence-electron chi connectivity index (χ0n) is 19.5. The summed E-state index contributed by atoms with van der Waals surface area (Å²) in [5.74, 6) is 0.391. The van der Waals surface area contributed by atoms with E-state index in [4.69, 9.17) is 0 Å². The van der Waals surface area contributed by atoms with Crippen LogP contribution in [0.15, 0.2) is 40.2 Å². The van der Waals surface area contributed by atoms with Gasteiger partial charge < -0.3 is 10.2 Å². The molecule has 31 heavy (non-hydrogen) atoms. The van der Waals surface area contributed by atoms with E-state index in [1.165, 1.54) is 34.1 Å². The molecule has 1 fully saturated rings. The molecule has 0 aliphatic carbocycles. The third-order valence-electron chi connectivity index (χ3n) is 6.53. The van der Waals surface area contributed by atoms with E-state index in [1.807, 2.05) is 25.1 Å². The molecule has 0 saturated carbocycles. The fraction of sp³-hybridized carbons (Fsp3) is 0.385. The first-order chi connectivity index (χ1) is 14.5. The molecule has 0 bridgehead atoms. The number of rotatable bonds is 2. The van der Waals surface area contributed by atoms with Gasteiger partial charge in [-0.3, -0.25) is 4.79 Å². The van der Waals surface area contributed by atoms with Gasteiger partial charge in [-0.2, -0.15) is 0 Å². The molecule has 1 saturated heterocycles. The summed E-state index contributed by atoms with van der Waals surface area (Å²) < 4.78 is 0. The SMILES string of the molecule is Cc1ccc(N=C2NC(=O)/C(=C/c3cc4c(cc3C)N(C)C(C)(C)CC4C)S2)c(C)c1. The molecule has 4 nitrogen and oxygen atoms in total. The Morgan fingerprint density at radius 3 is 2.61 bits per heavy atom. The van der Waals surface area contributed by atoms with Crippen LogP contribution in [0, 0.1) is 20.8 Å². The Morgan fingerprint density at radius 2 is 1.90 bits per heavy atom. The van der Waals surface area contributed by atoms with E-state index in [0.717, 1.165) is 23.2 Å². The van der Waals surface area contributed by atoms with Crippen molar-refractivity contribution >= 4 is 40.3 Å². The highest BCUT2D eigenvalue weighted by Crippen LogP contribution is 2.44. The van der Waals surface area contributed by atoms with Crippen LogP contribution < -0.4 is 10.2 Å². The van der Waals surface area contributed by atoms with Gasteiger partial charge in [0.05, 0.1) is 10.6 Å². The van der Waals surface area contributed by atoms with Gasteiger partial charge >= 0.3 is 0 Å². The second-order valence-electron chi connectivity index (χ2n) is 9.52. The number of hydrogen-bond acceptors (Lipinski definition) is 4. The smallest absolute Gasteiger partial charge is 0.264 e. The standard InChI is InChI=1S/C26H31N3OS/c1-15-8-9-21(17(3)10-15)27-25-28-24(30)23(31-25)13-19-12-20-18(4)14-26(5,6)29(7)22(20)11-16(19)2/h8-13,18H,14H2,1-7H3,(H,27,28,30)/b23-13-. The van der Waals surface area contributed by atoms with Crippen molar-refractivity contribution in [2.45, 2.75) is 59.4 Å². The minimum absolute atomic E-state index is 0.0862. The van der Waals surface area contributed by atoms with E-state index in [2.05, 4.69) is 75.1 Å². The van der Waals surface area contributed by atoms with Crippen molar-refractivity contribution in [3.05, 3.63) is 63.1 Å². The summed E-state index contributed by atoms with van der Waals surface area (Å²) >= 11 is 1.41. The van der Waals surface area contributed by atoms with Crippen LogP contribution in [0.25, 0.3) is 6.08 Å². The minimum Gasteiger partial charge on any atom is -0.369 e. The number of carbonyl (C=O) groups is 1. The van der Waals surface area contributed by atoms with E-state index < -0.39 is 0 Å². The molecule has 1 amide bonds. The van der Waals surface area contributed by atoms with Gasteiger partial charge in [-0.15, -0.1) is 0 Å². The molecule has 4 rings (SSSR count). The van der Waals surface area contributed by atoms with E-state index in [1.54, 1.807) is 0 Å². The number of hydrogen-bond donors (Lipinski definition) is 1. The quantitative estimate of drug-likeness (QED) is 0.571. The van der Waals surface area contributed by atoms with Crippen LogP contribution in [0.3, 0.4) is 0 Å². The predicted molar refractivity (Wildman–Crippen MR) is 133 cm³/mol. The number of benzene rings is 2. The highest BCUT2D eigenvalue weighted by molar-refractivity contribution is 8.18. The molecule has 0 aromatic heterocycles. The number of anilines is 1. The maximum atomic E-state index is 12.6. The highest BCUT2D eigenvalue weighted by Gasteiger charge is 2.34. The van der Waals surface area contributed by atoms with Crippen LogP contribution in [-0.4, -0.2) is 23.7 Å². The number of amidine groups is 1. The van der Waals surface area contributed by atoms with Crippen molar-refractivity contribution in [3.63, 3.8) is 0 Å². The number of aliphatic imine (C=N–C) groups is 1. The van der Waals surface area contributed by atoms with Crippen molar-refractivity contribution in [1.29, 1.82) is 0 Å². The molecule has 162 valence electrons. The first-order valence-corrected chi connectivity index (χ1v) is 11.6. The van der Waals surface area contributed by atoms with Crippen LogP contribution in [0.4, 0.5) is 11.4 Å². The lowest BCUT2D eigenvalue weighted by molar-refractivity contribution is -0.115. The summed E-state index contributed by atoms with van der Waals surface area (Å²) in [6.07, 6.45) is 3.12. The number of fused-ring (bicyclic) bond motifs is 1. The zero-order chi connectivity index (χ0) is 22.5. The molecule has 2 aliphatic heterocycles. The van der Waals surface area contributed by atoms with Crippen LogP contribution in [0.2, 0.25) is 0 Å². The van der Waals surface area contributed by atoms with Crippen molar-refractivity contribution in [3.8, 4) is 0 Å². The largest absolute Gasteiger partial charge is 0.369 e. The number of carbonyl (C=O) groups excluding carboxylic acids is 1. The van der Waals surface area contributed by atoms with Crippen LogP contribution in [0.5, 0.6) is 0 Å². The van der Waals surface area contributed by atoms with Crippen molar-refractivity contribution < 1.29 is 4.79 Å². The highest BCUT2D eigenvalue weighted by atomic mass is 32.2. The Morgan fingerprint density at radius 1 is 1.16 bits per heavy atom. The van der Waals surface area contributed by atoms with E-state index in [-0.39, 0.29) is 11.4 Å². The average Bonchev–Trinajstić information content (AvgIpc) is 3.02. The molecule has 2 aliphatic rings. The van der Waals surface area contributed by atoms with Gasteiger partial charge in [0.1, 0.15) is 0 Å². The molecule has 1 N–H and O–H groups in total. The first-order valence-electron chi connectivity index (χ1n) is 10.8. The van der Waals surface area contributed by atoms with E-state index >= 15 is 0 Å². The van der Waals surface area contributed by atoms with Gasteiger partial charge in [-0.25, -0.2) is 4.99 Å². The van der Waals surface area contributed by atoms with E-state index in [9.17, 15) is 4.79 Å². The lowest BCUT2D eigenvalue weighted by atomic mass is 9.79. The molecule has 0 radical (unpaired) electrons. The number of nitrogens with zero attached hydrogens (tertiary/aromatic N) is 2. The Hall–Kier alpha value is -2.53. The van der Waals surface area contributed by atoms with Gasteiger partial charge in [0.25, 0.3) is 5.91 Å². The van der Waals surface area contributed by atoms with Gasteiger partial charge in [-0.05, 0) is 105 Å². The Labute approximate surface area is 189 Å².